The molecule has 0 fully saturated rings. The number of aliphatic hydroxyl groups is 1. The topological polar surface area (TPSA) is 74.6 Å². The van der Waals surface area contributed by atoms with Gasteiger partial charge in [0.25, 0.3) is 0 Å². The normalized spacial score (nSPS) is 12.8. The molecular formula is C22H30O4S. The molecule has 0 aromatic heterocycles. The maximum atomic E-state index is 12.8. The largest absolute Gasteiger partial charge is 0.506 e. The first kappa shape index (κ1) is 21.5. The van der Waals surface area contributed by atoms with Crippen LogP contribution >= 0.6 is 0 Å². The predicted octanol–water partition coefficient (Wildman–Crippen LogP) is 4.88. The van der Waals surface area contributed by atoms with Crippen LogP contribution in [0.2, 0.25) is 0 Å². The number of sulfone groups is 1. The van der Waals surface area contributed by atoms with Crippen molar-refractivity contribution < 1.29 is 18.6 Å². The molecule has 2 rings (SSSR count). The van der Waals surface area contributed by atoms with Crippen molar-refractivity contribution in [1.29, 1.82) is 0 Å². The van der Waals surface area contributed by atoms with Crippen LogP contribution in [-0.2, 0) is 16.3 Å². The lowest BCUT2D eigenvalue weighted by atomic mass is 10.0. The molecule has 0 aliphatic heterocycles. The predicted molar refractivity (Wildman–Crippen MR) is 108 cm³/mol. The van der Waals surface area contributed by atoms with Gasteiger partial charge in [0.2, 0.25) is 9.84 Å². The average Bonchev–Trinajstić information content (AvgIpc) is 2.65. The number of aryl methyl sites for hydroxylation is 1. The van der Waals surface area contributed by atoms with Crippen molar-refractivity contribution in [2.75, 3.05) is 0 Å². The molecule has 4 nitrogen and oxygen atoms in total. The third kappa shape index (κ3) is 6.36. The second-order valence-corrected chi connectivity index (χ2v) is 9.01. The van der Waals surface area contributed by atoms with Crippen LogP contribution in [-0.4, -0.2) is 24.7 Å². The number of phenolic OH excluding ortho intramolecular Hbond substituents is 1. The first-order valence-corrected chi connectivity index (χ1v) is 11.2. The third-order valence-electron chi connectivity index (χ3n) is 4.74. The third-order valence-corrected chi connectivity index (χ3v) is 6.54. The summed E-state index contributed by atoms with van der Waals surface area (Å²) in [6.45, 7) is 1.82. The maximum absolute atomic E-state index is 12.8. The molecule has 2 aromatic rings. The van der Waals surface area contributed by atoms with Gasteiger partial charge in [-0.1, -0.05) is 62.4 Å². The van der Waals surface area contributed by atoms with Gasteiger partial charge in [-0.25, -0.2) is 8.42 Å². The summed E-state index contributed by atoms with van der Waals surface area (Å²) in [6.07, 6.45) is 7.70. The van der Waals surface area contributed by atoms with Gasteiger partial charge in [-0.3, -0.25) is 0 Å². The van der Waals surface area contributed by atoms with E-state index in [1.54, 1.807) is 42.5 Å². The van der Waals surface area contributed by atoms with Crippen LogP contribution in [0.15, 0.2) is 58.3 Å². The highest BCUT2D eigenvalue weighted by atomic mass is 32.2. The lowest BCUT2D eigenvalue weighted by Crippen LogP contribution is -2.03. The van der Waals surface area contributed by atoms with Crippen LogP contribution in [0.25, 0.3) is 0 Å². The van der Waals surface area contributed by atoms with Crippen molar-refractivity contribution in [2.45, 2.75) is 74.2 Å². The van der Waals surface area contributed by atoms with Gasteiger partial charge in [0.1, 0.15) is 10.6 Å². The van der Waals surface area contributed by atoms with Crippen molar-refractivity contribution >= 4 is 9.84 Å². The molecule has 2 aromatic carbocycles. The Morgan fingerprint density at radius 1 is 0.852 bits per heavy atom. The number of aliphatic hydroxyl groups excluding tert-OH is 1. The zero-order chi connectivity index (χ0) is 19.7. The molecule has 0 spiro atoms. The van der Waals surface area contributed by atoms with Crippen LogP contribution < -0.4 is 0 Å². The van der Waals surface area contributed by atoms with Crippen molar-refractivity contribution in [3.8, 4) is 5.75 Å². The number of hydrogen-bond acceptors (Lipinski definition) is 4. The molecule has 0 saturated carbocycles. The van der Waals surface area contributed by atoms with E-state index < -0.39 is 9.84 Å². The second kappa shape index (κ2) is 10.5. The molecule has 1 atom stereocenters. The fraction of sp³-hybridized carbons (Fsp3) is 0.455. The van der Waals surface area contributed by atoms with E-state index in [4.69, 9.17) is 0 Å². The Bertz CT molecular complexity index is 798. The van der Waals surface area contributed by atoms with E-state index in [0.717, 1.165) is 44.9 Å². The summed E-state index contributed by atoms with van der Waals surface area (Å²) in [5, 5.41) is 19.7. The standard InChI is InChI=1S/C22H30O4S/c1-18(23)12-7-4-2-3-5-8-13-19-14-11-17-21(22(19)24)27(25,26)20-15-9-6-10-16-20/h6,9-11,14-18,23-24H,2-5,7-8,12-13H2,1H3. The lowest BCUT2D eigenvalue weighted by Gasteiger charge is -2.11. The number of aromatic hydroxyl groups is 1. The smallest absolute Gasteiger partial charge is 0.210 e. The van der Waals surface area contributed by atoms with Gasteiger partial charge in [-0.05, 0) is 49.9 Å². The molecule has 1 unspecified atom stereocenters. The van der Waals surface area contributed by atoms with Crippen molar-refractivity contribution in [3.05, 3.63) is 54.1 Å². The van der Waals surface area contributed by atoms with Crippen molar-refractivity contribution in [3.63, 3.8) is 0 Å². The summed E-state index contributed by atoms with van der Waals surface area (Å²) in [7, 11) is -3.72. The Balaban J connectivity index is 1.90. The Labute approximate surface area is 162 Å². The van der Waals surface area contributed by atoms with Crippen LogP contribution in [0.1, 0.15) is 57.4 Å². The monoisotopic (exact) mass is 390 g/mol. The van der Waals surface area contributed by atoms with E-state index in [1.807, 2.05) is 6.92 Å². The molecule has 0 saturated heterocycles. The van der Waals surface area contributed by atoms with Crippen molar-refractivity contribution in [1.82, 2.24) is 0 Å². The number of rotatable bonds is 11. The highest BCUT2D eigenvalue weighted by molar-refractivity contribution is 7.91. The van der Waals surface area contributed by atoms with Crippen LogP contribution in [0, 0.1) is 0 Å². The van der Waals surface area contributed by atoms with Crippen LogP contribution in [0.3, 0.4) is 0 Å². The average molecular weight is 391 g/mol. The minimum absolute atomic E-state index is 0.0238. The molecule has 27 heavy (non-hydrogen) atoms. The lowest BCUT2D eigenvalue weighted by molar-refractivity contribution is 0.180. The molecule has 148 valence electrons. The minimum Gasteiger partial charge on any atom is -0.506 e. The highest BCUT2D eigenvalue weighted by Gasteiger charge is 2.22. The van der Waals surface area contributed by atoms with Gasteiger partial charge in [0, 0.05) is 0 Å². The van der Waals surface area contributed by atoms with E-state index in [-0.39, 0.29) is 21.6 Å². The van der Waals surface area contributed by atoms with E-state index in [1.165, 1.54) is 6.07 Å². The van der Waals surface area contributed by atoms with Crippen LogP contribution in [0.5, 0.6) is 5.75 Å². The first-order valence-electron chi connectivity index (χ1n) is 9.72. The Morgan fingerprint density at radius 3 is 2.15 bits per heavy atom. The van der Waals surface area contributed by atoms with Crippen molar-refractivity contribution in [2.24, 2.45) is 0 Å². The number of phenols is 1. The molecule has 0 aliphatic rings. The number of unbranched alkanes of at least 4 members (excludes halogenated alkanes) is 5. The summed E-state index contributed by atoms with van der Waals surface area (Å²) in [5.41, 5.74) is 0.682. The van der Waals surface area contributed by atoms with Crippen LogP contribution in [0.4, 0.5) is 0 Å². The summed E-state index contributed by atoms with van der Waals surface area (Å²) in [5.74, 6) is -0.127. The number of para-hydroxylation sites is 1. The van der Waals surface area contributed by atoms with E-state index in [9.17, 15) is 18.6 Å². The molecule has 0 aliphatic carbocycles. The second-order valence-electron chi connectivity index (χ2n) is 7.09. The van der Waals surface area contributed by atoms with Gasteiger partial charge >= 0.3 is 0 Å². The Morgan fingerprint density at radius 2 is 1.48 bits per heavy atom. The summed E-state index contributed by atoms with van der Waals surface area (Å²) >= 11 is 0. The molecule has 2 N–H and O–H groups in total. The zero-order valence-corrected chi connectivity index (χ0v) is 16.8. The SMILES string of the molecule is CC(O)CCCCCCCCc1cccc(S(=O)(=O)c2ccccc2)c1O. The zero-order valence-electron chi connectivity index (χ0n) is 16.0. The van der Waals surface area contributed by atoms with Gasteiger partial charge in [0.15, 0.2) is 0 Å². The fourth-order valence-corrected chi connectivity index (χ4v) is 4.59. The summed E-state index contributed by atoms with van der Waals surface area (Å²) < 4.78 is 25.5. The van der Waals surface area contributed by atoms with E-state index in [0.29, 0.717) is 12.0 Å². The molecule has 5 heteroatoms. The Hall–Kier alpha value is -1.85. The van der Waals surface area contributed by atoms with E-state index in [2.05, 4.69) is 0 Å². The quantitative estimate of drug-likeness (QED) is 0.536. The minimum atomic E-state index is -3.72. The summed E-state index contributed by atoms with van der Waals surface area (Å²) in [4.78, 5) is 0.166. The Kier molecular flexibility index (Phi) is 8.32. The first-order chi connectivity index (χ1) is 12.9. The molecule has 0 radical (unpaired) electrons. The summed E-state index contributed by atoms with van der Waals surface area (Å²) in [6, 6.07) is 13.1. The molecule has 0 amide bonds. The van der Waals surface area contributed by atoms with Gasteiger partial charge in [-0.15, -0.1) is 0 Å². The van der Waals surface area contributed by atoms with Gasteiger partial charge in [0.05, 0.1) is 11.0 Å². The van der Waals surface area contributed by atoms with Gasteiger partial charge < -0.3 is 10.2 Å². The molecule has 0 heterocycles. The van der Waals surface area contributed by atoms with Gasteiger partial charge in [-0.2, -0.15) is 0 Å². The molecular weight excluding hydrogens is 360 g/mol. The fourth-order valence-electron chi connectivity index (χ4n) is 3.18. The molecule has 0 bridgehead atoms. The number of hydrogen-bond donors (Lipinski definition) is 2. The maximum Gasteiger partial charge on any atom is 0.210 e. The van der Waals surface area contributed by atoms with E-state index >= 15 is 0 Å². The highest BCUT2D eigenvalue weighted by Crippen LogP contribution is 2.32. The number of benzene rings is 2.